The highest BCUT2D eigenvalue weighted by Gasteiger charge is 2.39. The van der Waals surface area contributed by atoms with Crippen LogP contribution in [0.5, 0.6) is 11.5 Å². The summed E-state index contributed by atoms with van der Waals surface area (Å²) in [7, 11) is 0. The maximum atomic E-state index is 12.6. The molecule has 2 aliphatic heterocycles. The van der Waals surface area contributed by atoms with Gasteiger partial charge in [-0.15, -0.1) is 0 Å². The Balaban J connectivity index is 1.86. The molecule has 24 heavy (non-hydrogen) atoms. The number of carbonyl (C=O) groups excluding carboxylic acids is 1. The summed E-state index contributed by atoms with van der Waals surface area (Å²) in [5.74, 6) is -0.136. The minimum absolute atomic E-state index is 0.179. The number of hydrogen-bond donors (Lipinski definition) is 1. The van der Waals surface area contributed by atoms with Gasteiger partial charge in [0, 0.05) is 0 Å². The molecule has 1 aromatic rings. The van der Waals surface area contributed by atoms with Gasteiger partial charge >= 0.3 is 5.97 Å². The second kappa shape index (κ2) is 6.82. The number of rotatable bonds is 5. The van der Waals surface area contributed by atoms with Gasteiger partial charge in [-0.3, -0.25) is 9.69 Å². The number of hydrogen-bond acceptors (Lipinski definition) is 6. The van der Waals surface area contributed by atoms with Crippen molar-refractivity contribution in [1.82, 2.24) is 4.90 Å². The number of fused-ring (bicyclic) bond motifs is 1. The van der Waals surface area contributed by atoms with E-state index in [2.05, 4.69) is 0 Å². The minimum atomic E-state index is -1.04. The lowest BCUT2D eigenvalue weighted by atomic mass is 10.1. The van der Waals surface area contributed by atoms with Crippen molar-refractivity contribution < 1.29 is 24.2 Å². The van der Waals surface area contributed by atoms with E-state index in [0.29, 0.717) is 29.2 Å². The van der Waals surface area contributed by atoms with E-state index in [1.807, 2.05) is 6.92 Å². The van der Waals surface area contributed by atoms with Gasteiger partial charge in [0.2, 0.25) is 6.79 Å². The summed E-state index contributed by atoms with van der Waals surface area (Å²) < 4.78 is 10.8. The lowest BCUT2D eigenvalue weighted by Gasteiger charge is -2.22. The van der Waals surface area contributed by atoms with Crippen molar-refractivity contribution >= 4 is 46.3 Å². The Labute approximate surface area is 148 Å². The van der Waals surface area contributed by atoms with Crippen molar-refractivity contribution in [3.05, 3.63) is 28.7 Å². The highest BCUT2D eigenvalue weighted by molar-refractivity contribution is 8.26. The highest BCUT2D eigenvalue weighted by Crippen LogP contribution is 2.37. The van der Waals surface area contributed by atoms with Gasteiger partial charge in [-0.1, -0.05) is 43.4 Å². The van der Waals surface area contributed by atoms with Crippen molar-refractivity contribution in [1.29, 1.82) is 0 Å². The summed E-state index contributed by atoms with van der Waals surface area (Å²) in [6.07, 6.45) is 2.69. The van der Waals surface area contributed by atoms with Gasteiger partial charge in [0.05, 0.1) is 4.91 Å². The molecule has 0 unspecified atom stereocenters. The number of carbonyl (C=O) groups is 2. The van der Waals surface area contributed by atoms with Crippen LogP contribution >= 0.6 is 24.0 Å². The van der Waals surface area contributed by atoms with Crippen LogP contribution in [0.4, 0.5) is 0 Å². The SMILES string of the molecule is CCC[C@@H](C(=O)O)N1C(=O)/C(=C\c2ccc3c(c2)OCO3)SC1=S. The molecular weight excluding hydrogens is 350 g/mol. The zero-order valence-electron chi connectivity index (χ0n) is 12.9. The van der Waals surface area contributed by atoms with Crippen LogP contribution in [-0.4, -0.2) is 39.0 Å². The van der Waals surface area contributed by atoms with Crippen molar-refractivity contribution in [2.24, 2.45) is 0 Å². The van der Waals surface area contributed by atoms with Crippen LogP contribution in [0.15, 0.2) is 23.1 Å². The molecule has 6 nitrogen and oxygen atoms in total. The zero-order chi connectivity index (χ0) is 17.3. The maximum absolute atomic E-state index is 12.6. The Morgan fingerprint density at radius 1 is 1.46 bits per heavy atom. The standard InChI is InChI=1S/C16H15NO5S2/c1-2-3-10(15(19)20)17-14(18)13(24-16(17)23)7-9-4-5-11-12(6-9)22-8-21-11/h4-7,10H,2-3,8H2,1H3,(H,19,20)/b13-7+/t10-/m0/s1. The van der Waals surface area contributed by atoms with E-state index >= 15 is 0 Å². The average molecular weight is 365 g/mol. The van der Waals surface area contributed by atoms with E-state index in [4.69, 9.17) is 21.7 Å². The summed E-state index contributed by atoms with van der Waals surface area (Å²) in [6, 6.07) is 4.42. The molecule has 0 saturated carbocycles. The summed E-state index contributed by atoms with van der Waals surface area (Å²) in [6.45, 7) is 2.05. The maximum Gasteiger partial charge on any atom is 0.326 e. The molecule has 0 bridgehead atoms. The predicted molar refractivity (Wildman–Crippen MR) is 93.9 cm³/mol. The summed E-state index contributed by atoms with van der Waals surface area (Å²) in [5.41, 5.74) is 0.766. The molecule has 126 valence electrons. The number of amides is 1. The topological polar surface area (TPSA) is 76.1 Å². The van der Waals surface area contributed by atoms with Crippen molar-refractivity contribution in [3.63, 3.8) is 0 Å². The lowest BCUT2D eigenvalue weighted by molar-refractivity contribution is -0.145. The largest absolute Gasteiger partial charge is 0.480 e. The van der Waals surface area contributed by atoms with E-state index < -0.39 is 12.0 Å². The molecule has 0 spiro atoms. The number of thioether (sulfide) groups is 1. The van der Waals surface area contributed by atoms with Crippen LogP contribution in [0, 0.1) is 0 Å². The fourth-order valence-corrected chi connectivity index (χ4v) is 3.90. The first-order chi connectivity index (χ1) is 11.5. The Hall–Kier alpha value is -2.06. The monoisotopic (exact) mass is 365 g/mol. The van der Waals surface area contributed by atoms with Gasteiger partial charge in [-0.05, 0) is 30.2 Å². The fourth-order valence-electron chi connectivity index (χ4n) is 2.54. The van der Waals surface area contributed by atoms with Crippen molar-refractivity contribution in [2.75, 3.05) is 6.79 Å². The molecule has 0 aromatic heterocycles. The Morgan fingerprint density at radius 3 is 2.92 bits per heavy atom. The number of carboxylic acid groups (broad SMARTS) is 1. The van der Waals surface area contributed by atoms with Crippen LogP contribution in [-0.2, 0) is 9.59 Å². The number of nitrogens with zero attached hydrogens (tertiary/aromatic N) is 1. The van der Waals surface area contributed by atoms with Crippen molar-refractivity contribution in [2.45, 2.75) is 25.8 Å². The van der Waals surface area contributed by atoms with Gasteiger partial charge < -0.3 is 14.6 Å². The molecule has 8 heteroatoms. The van der Waals surface area contributed by atoms with Crippen molar-refractivity contribution in [3.8, 4) is 11.5 Å². The van der Waals surface area contributed by atoms with Crippen LogP contribution in [0.3, 0.4) is 0 Å². The van der Waals surface area contributed by atoms with Crippen LogP contribution in [0.25, 0.3) is 6.08 Å². The van der Waals surface area contributed by atoms with Crippen LogP contribution in [0.1, 0.15) is 25.3 Å². The summed E-state index contributed by atoms with van der Waals surface area (Å²) >= 11 is 6.33. The third-order valence-corrected chi connectivity index (χ3v) is 5.01. The smallest absolute Gasteiger partial charge is 0.326 e. The Kier molecular flexibility index (Phi) is 4.77. The first-order valence-corrected chi connectivity index (χ1v) is 8.63. The normalized spacial score (nSPS) is 19.2. The summed E-state index contributed by atoms with van der Waals surface area (Å²) in [4.78, 5) is 25.7. The number of benzene rings is 1. The second-order valence-corrected chi connectivity index (χ2v) is 6.98. The van der Waals surface area contributed by atoms with Gasteiger partial charge in [0.25, 0.3) is 5.91 Å². The lowest BCUT2D eigenvalue weighted by Crippen LogP contribution is -2.43. The molecule has 1 amide bonds. The van der Waals surface area contributed by atoms with Gasteiger partial charge in [0.15, 0.2) is 11.5 Å². The molecule has 1 N–H and O–H groups in total. The van der Waals surface area contributed by atoms with Crippen LogP contribution < -0.4 is 9.47 Å². The molecule has 1 aromatic carbocycles. The number of aliphatic carboxylic acids is 1. The third kappa shape index (κ3) is 3.11. The first-order valence-electron chi connectivity index (χ1n) is 7.40. The predicted octanol–water partition coefficient (Wildman–Crippen LogP) is 2.87. The molecule has 2 heterocycles. The molecular formula is C16H15NO5S2. The zero-order valence-corrected chi connectivity index (χ0v) is 14.5. The minimum Gasteiger partial charge on any atom is -0.480 e. The van der Waals surface area contributed by atoms with E-state index in [0.717, 1.165) is 17.3 Å². The number of thiocarbonyl (C=S) groups is 1. The molecule has 1 atom stereocenters. The summed E-state index contributed by atoms with van der Waals surface area (Å²) in [5, 5.41) is 9.37. The molecule has 0 aliphatic carbocycles. The van der Waals surface area contributed by atoms with Gasteiger partial charge in [-0.25, -0.2) is 4.79 Å². The van der Waals surface area contributed by atoms with Gasteiger partial charge in [0.1, 0.15) is 10.4 Å². The van der Waals surface area contributed by atoms with E-state index in [1.165, 1.54) is 4.90 Å². The van der Waals surface area contributed by atoms with Crippen LogP contribution in [0.2, 0.25) is 0 Å². The van der Waals surface area contributed by atoms with E-state index in [1.54, 1.807) is 24.3 Å². The van der Waals surface area contributed by atoms with E-state index in [9.17, 15) is 14.7 Å². The van der Waals surface area contributed by atoms with Gasteiger partial charge in [-0.2, -0.15) is 0 Å². The third-order valence-electron chi connectivity index (χ3n) is 3.68. The molecule has 3 rings (SSSR count). The number of carboxylic acids is 1. The quantitative estimate of drug-likeness (QED) is 0.635. The Bertz CT molecular complexity index is 746. The highest BCUT2D eigenvalue weighted by atomic mass is 32.2. The fraction of sp³-hybridized carbons (Fsp3) is 0.312. The Morgan fingerprint density at radius 2 is 2.21 bits per heavy atom. The first kappa shape index (κ1) is 16.8. The average Bonchev–Trinajstić information content (AvgIpc) is 3.10. The molecule has 0 radical (unpaired) electrons. The second-order valence-electron chi connectivity index (χ2n) is 5.31. The molecule has 2 aliphatic rings. The number of ether oxygens (including phenoxy) is 2. The van der Waals surface area contributed by atoms with E-state index in [-0.39, 0.29) is 17.0 Å². The molecule has 1 saturated heterocycles. The molecule has 1 fully saturated rings.